The average molecular weight is 555 g/mol. The van der Waals surface area contributed by atoms with Crippen molar-refractivity contribution in [2.24, 2.45) is 0 Å². The molecule has 0 fully saturated rings. The number of aryl methyl sites for hydroxylation is 1. The van der Waals surface area contributed by atoms with Gasteiger partial charge in [-0.3, -0.25) is 0 Å². The number of benzene rings is 3. The van der Waals surface area contributed by atoms with E-state index in [9.17, 15) is 22.7 Å². The highest BCUT2D eigenvalue weighted by Gasteiger charge is 2.25. The monoisotopic (exact) mass is 554 g/mol. The van der Waals surface area contributed by atoms with E-state index in [-0.39, 0.29) is 23.8 Å². The summed E-state index contributed by atoms with van der Waals surface area (Å²) in [5.41, 5.74) is 3.02. The number of rotatable bonds is 12. The smallest absolute Gasteiger partial charge is 0.328 e. The van der Waals surface area contributed by atoms with Gasteiger partial charge in [-0.25, -0.2) is 17.6 Å². The molecule has 0 bridgehead atoms. The fourth-order valence-corrected chi connectivity index (χ4v) is 5.43. The van der Waals surface area contributed by atoms with Crippen molar-refractivity contribution in [2.75, 3.05) is 20.1 Å². The number of halogens is 1. The SMILES string of the molecule is Cc1ccc(CC(C)(C)NCC(O)CN(C)S(=O)(=O)c2cccc(-c3cccc(C=CC(=O)O)c3)c2)cc1F. The molecule has 0 amide bonds. The van der Waals surface area contributed by atoms with Crippen LogP contribution in [0, 0.1) is 12.7 Å². The first-order valence-corrected chi connectivity index (χ1v) is 14.0. The molecule has 0 radical (unpaired) electrons. The van der Waals surface area contributed by atoms with Gasteiger partial charge in [-0.15, -0.1) is 0 Å². The van der Waals surface area contributed by atoms with Gasteiger partial charge in [-0.2, -0.15) is 4.31 Å². The maximum Gasteiger partial charge on any atom is 0.328 e. The molecule has 39 heavy (non-hydrogen) atoms. The van der Waals surface area contributed by atoms with E-state index < -0.39 is 27.6 Å². The number of likely N-dealkylation sites (N-methyl/N-ethyl adjacent to an activating group) is 1. The van der Waals surface area contributed by atoms with Crippen molar-refractivity contribution in [1.82, 2.24) is 9.62 Å². The second kappa shape index (κ2) is 12.7. The second-order valence-corrected chi connectivity index (χ2v) is 12.3. The predicted octanol–water partition coefficient (Wildman–Crippen LogP) is 4.49. The van der Waals surface area contributed by atoms with Crippen LogP contribution in [0.1, 0.15) is 30.5 Å². The molecule has 1 atom stereocenters. The minimum absolute atomic E-state index is 0.0795. The quantitative estimate of drug-likeness (QED) is 0.285. The molecule has 3 N–H and O–H groups in total. The first-order valence-electron chi connectivity index (χ1n) is 12.5. The Labute approximate surface area is 229 Å². The number of aliphatic carboxylic acids is 1. The predicted molar refractivity (Wildman–Crippen MR) is 151 cm³/mol. The van der Waals surface area contributed by atoms with Gasteiger partial charge in [0.25, 0.3) is 0 Å². The molecular weight excluding hydrogens is 519 g/mol. The Morgan fingerprint density at radius 1 is 1.08 bits per heavy atom. The third-order valence-electron chi connectivity index (χ3n) is 6.35. The van der Waals surface area contributed by atoms with Crippen LogP contribution in [0.2, 0.25) is 0 Å². The van der Waals surface area contributed by atoms with Crippen molar-refractivity contribution in [2.45, 2.75) is 43.7 Å². The van der Waals surface area contributed by atoms with Gasteiger partial charge in [0.2, 0.25) is 10.0 Å². The van der Waals surface area contributed by atoms with Gasteiger partial charge in [0.1, 0.15) is 5.82 Å². The van der Waals surface area contributed by atoms with Gasteiger partial charge in [-0.1, -0.05) is 42.5 Å². The van der Waals surface area contributed by atoms with Crippen LogP contribution in [0.3, 0.4) is 0 Å². The topological polar surface area (TPSA) is 107 Å². The lowest BCUT2D eigenvalue weighted by atomic mass is 9.94. The van der Waals surface area contributed by atoms with Gasteiger partial charge in [0.15, 0.2) is 0 Å². The van der Waals surface area contributed by atoms with Gasteiger partial charge < -0.3 is 15.5 Å². The van der Waals surface area contributed by atoms with E-state index in [1.54, 1.807) is 49.4 Å². The molecular formula is C30H35FN2O5S. The van der Waals surface area contributed by atoms with Crippen LogP contribution >= 0.6 is 0 Å². The molecule has 0 aromatic heterocycles. The van der Waals surface area contributed by atoms with Crippen molar-refractivity contribution in [3.63, 3.8) is 0 Å². The third-order valence-corrected chi connectivity index (χ3v) is 8.17. The number of aliphatic hydroxyl groups is 1. The van der Waals surface area contributed by atoms with Crippen LogP contribution in [0.5, 0.6) is 0 Å². The van der Waals surface area contributed by atoms with Crippen LogP contribution in [0.15, 0.2) is 77.7 Å². The molecule has 3 rings (SSSR count). The zero-order valence-electron chi connectivity index (χ0n) is 22.6. The van der Waals surface area contributed by atoms with Crippen LogP contribution in [0.25, 0.3) is 17.2 Å². The molecule has 0 saturated carbocycles. The summed E-state index contributed by atoms with van der Waals surface area (Å²) in [4.78, 5) is 10.9. The highest BCUT2D eigenvalue weighted by atomic mass is 32.2. The van der Waals surface area contributed by atoms with Crippen molar-refractivity contribution in [3.05, 3.63) is 95.3 Å². The number of carboxylic acids is 1. The Morgan fingerprint density at radius 2 is 1.74 bits per heavy atom. The third kappa shape index (κ3) is 8.56. The lowest BCUT2D eigenvalue weighted by molar-refractivity contribution is -0.131. The van der Waals surface area contributed by atoms with Gasteiger partial charge in [0, 0.05) is 31.8 Å². The Morgan fingerprint density at radius 3 is 2.41 bits per heavy atom. The number of hydrogen-bond donors (Lipinski definition) is 3. The van der Waals surface area contributed by atoms with E-state index in [2.05, 4.69) is 5.32 Å². The largest absolute Gasteiger partial charge is 0.478 e. The summed E-state index contributed by atoms with van der Waals surface area (Å²) in [5.74, 6) is -1.32. The van der Waals surface area contributed by atoms with E-state index in [0.717, 1.165) is 21.5 Å². The van der Waals surface area contributed by atoms with Crippen molar-refractivity contribution in [1.29, 1.82) is 0 Å². The molecule has 0 aliphatic heterocycles. The zero-order chi connectivity index (χ0) is 28.8. The van der Waals surface area contributed by atoms with Gasteiger partial charge in [-0.05, 0) is 85.4 Å². The summed E-state index contributed by atoms with van der Waals surface area (Å²) < 4.78 is 41.6. The maximum atomic E-state index is 13.9. The lowest BCUT2D eigenvalue weighted by Crippen LogP contribution is -2.47. The van der Waals surface area contributed by atoms with E-state index in [1.807, 2.05) is 26.0 Å². The fraction of sp³-hybridized carbons (Fsp3) is 0.300. The Kier molecular flexibility index (Phi) is 9.79. The van der Waals surface area contributed by atoms with E-state index in [0.29, 0.717) is 23.1 Å². The molecule has 9 heteroatoms. The molecule has 0 aliphatic carbocycles. The Hall–Kier alpha value is -3.37. The zero-order valence-corrected chi connectivity index (χ0v) is 23.4. The van der Waals surface area contributed by atoms with Crippen molar-refractivity contribution < 1.29 is 27.8 Å². The van der Waals surface area contributed by atoms with Gasteiger partial charge in [0.05, 0.1) is 11.0 Å². The summed E-state index contributed by atoms with van der Waals surface area (Å²) >= 11 is 0. The second-order valence-electron chi connectivity index (χ2n) is 10.3. The fourth-order valence-electron chi connectivity index (χ4n) is 4.18. The number of β-amino-alcohol motifs (C(OH)–C–C–N with tert-alkyl or cyclic N) is 1. The molecule has 7 nitrogen and oxygen atoms in total. The van der Waals surface area contributed by atoms with E-state index in [4.69, 9.17) is 5.11 Å². The Bertz CT molecular complexity index is 1450. The molecule has 0 saturated heterocycles. The summed E-state index contributed by atoms with van der Waals surface area (Å²) in [5, 5.41) is 22.7. The highest BCUT2D eigenvalue weighted by Crippen LogP contribution is 2.25. The number of nitrogens with one attached hydrogen (secondary N) is 1. The van der Waals surface area contributed by atoms with Crippen LogP contribution in [0.4, 0.5) is 4.39 Å². The van der Waals surface area contributed by atoms with Gasteiger partial charge >= 0.3 is 5.97 Å². The lowest BCUT2D eigenvalue weighted by Gasteiger charge is -2.29. The molecule has 0 heterocycles. The maximum absolute atomic E-state index is 13.9. The first-order chi connectivity index (χ1) is 18.3. The molecule has 208 valence electrons. The molecule has 1 unspecified atom stereocenters. The highest BCUT2D eigenvalue weighted by molar-refractivity contribution is 7.89. The number of aliphatic hydroxyl groups excluding tert-OH is 1. The molecule has 3 aromatic rings. The number of sulfonamides is 1. The Balaban J connectivity index is 1.65. The molecule has 0 aliphatic rings. The summed E-state index contributed by atoms with van der Waals surface area (Å²) in [6, 6.07) is 18.7. The standard InChI is InChI=1S/C30H35FN2O5S/c1-21-11-12-23(16-28(21)31)18-30(2,3)32-19-26(34)20-33(4)39(37,38)27-10-6-9-25(17-27)24-8-5-7-22(15-24)13-14-29(35)36/h5-17,26,32,34H,18-20H2,1-4H3,(H,35,36). The van der Waals surface area contributed by atoms with E-state index >= 15 is 0 Å². The molecule has 0 spiro atoms. The number of carbonyl (C=O) groups is 1. The number of nitrogens with zero attached hydrogens (tertiary/aromatic N) is 1. The normalized spacial score (nSPS) is 13.2. The number of carboxylic acid groups (broad SMARTS) is 1. The minimum atomic E-state index is -3.90. The van der Waals surface area contributed by atoms with E-state index in [1.165, 1.54) is 25.3 Å². The average Bonchev–Trinajstić information content (AvgIpc) is 2.88. The van der Waals surface area contributed by atoms with Crippen LogP contribution in [-0.2, 0) is 21.2 Å². The van der Waals surface area contributed by atoms with Crippen LogP contribution < -0.4 is 5.32 Å². The van der Waals surface area contributed by atoms with Crippen molar-refractivity contribution >= 4 is 22.1 Å². The molecule has 3 aromatic carbocycles. The van der Waals surface area contributed by atoms with Crippen LogP contribution in [-0.4, -0.2) is 60.7 Å². The van der Waals surface area contributed by atoms with Crippen molar-refractivity contribution in [3.8, 4) is 11.1 Å². The summed E-state index contributed by atoms with van der Waals surface area (Å²) in [7, 11) is -2.48. The minimum Gasteiger partial charge on any atom is -0.478 e. The summed E-state index contributed by atoms with van der Waals surface area (Å²) in [6.07, 6.45) is 2.07. The number of hydrogen-bond acceptors (Lipinski definition) is 5. The summed E-state index contributed by atoms with van der Waals surface area (Å²) in [6.45, 7) is 5.62. The first kappa shape index (κ1) is 30.2.